The lowest BCUT2D eigenvalue weighted by Gasteiger charge is -2.15. The number of imide groups is 2. The molecule has 8 nitrogen and oxygen atoms in total. The molecule has 1 aromatic carbocycles. The first-order chi connectivity index (χ1) is 13.8. The smallest absolute Gasteiger partial charge is 0.293 e. The molecule has 0 aliphatic carbocycles. The molecule has 2 aliphatic rings. The average Bonchev–Trinajstić information content (AvgIpc) is 3.14. The van der Waals surface area contributed by atoms with Crippen LogP contribution in [-0.4, -0.2) is 58.3 Å². The molecule has 1 N–H and O–H groups in total. The molecule has 2 aliphatic heterocycles. The van der Waals surface area contributed by atoms with Gasteiger partial charge in [-0.3, -0.25) is 33.8 Å². The first kappa shape index (κ1) is 20.7. The van der Waals surface area contributed by atoms with Crippen molar-refractivity contribution < 1.29 is 28.4 Å². The van der Waals surface area contributed by atoms with E-state index in [1.165, 1.54) is 30.3 Å². The van der Waals surface area contributed by atoms with Crippen LogP contribution in [0.25, 0.3) is 6.08 Å². The lowest BCUT2D eigenvalue weighted by atomic mass is 10.2. The molecule has 0 spiro atoms. The fourth-order valence-electron chi connectivity index (χ4n) is 2.88. The lowest BCUT2D eigenvalue weighted by Crippen LogP contribution is -2.39. The lowest BCUT2D eigenvalue weighted by molar-refractivity contribution is -0.138. The molecule has 0 radical (unpaired) electrons. The Kier molecular flexibility index (Phi) is 6.42. The summed E-state index contributed by atoms with van der Waals surface area (Å²) in [5.74, 6) is -1.83. The number of halogens is 1. The highest BCUT2D eigenvalue weighted by molar-refractivity contribution is 8.18. The minimum absolute atomic E-state index is 0.00125. The summed E-state index contributed by atoms with van der Waals surface area (Å²) in [7, 11) is 0. The Balaban J connectivity index is 1.46. The van der Waals surface area contributed by atoms with Gasteiger partial charge in [-0.1, -0.05) is 12.1 Å². The molecule has 2 fully saturated rings. The van der Waals surface area contributed by atoms with E-state index < -0.39 is 17.0 Å². The van der Waals surface area contributed by atoms with Gasteiger partial charge in [-0.25, -0.2) is 4.39 Å². The van der Waals surface area contributed by atoms with E-state index in [0.717, 1.165) is 21.6 Å². The molecule has 10 heteroatoms. The standard InChI is InChI=1S/C19H18FN3O5S/c20-13-3-1-12(2-4-13)11-14-18(27)23(19(28)29-14)10-8-21-15(24)7-9-22-16(25)5-6-17(22)26/h1-4,11H,5-10H2,(H,21,24). The number of benzene rings is 1. The van der Waals surface area contributed by atoms with Crippen molar-refractivity contribution in [2.24, 2.45) is 0 Å². The molecule has 3 rings (SSSR count). The molecular weight excluding hydrogens is 401 g/mol. The maximum absolute atomic E-state index is 13.0. The molecule has 0 aromatic heterocycles. The summed E-state index contributed by atoms with van der Waals surface area (Å²) in [5, 5.41) is 2.12. The highest BCUT2D eigenvalue weighted by atomic mass is 32.2. The summed E-state index contributed by atoms with van der Waals surface area (Å²) in [6, 6.07) is 5.52. The number of amides is 5. The van der Waals surface area contributed by atoms with Crippen molar-refractivity contribution >= 4 is 46.7 Å². The summed E-state index contributed by atoms with van der Waals surface area (Å²) in [5.41, 5.74) is 0.594. The predicted molar refractivity (Wildman–Crippen MR) is 103 cm³/mol. The maximum atomic E-state index is 13.0. The van der Waals surface area contributed by atoms with Gasteiger partial charge in [0.1, 0.15) is 5.82 Å². The van der Waals surface area contributed by atoms with Gasteiger partial charge in [0.2, 0.25) is 17.7 Å². The van der Waals surface area contributed by atoms with E-state index >= 15 is 0 Å². The maximum Gasteiger partial charge on any atom is 0.293 e. The molecule has 29 heavy (non-hydrogen) atoms. The SMILES string of the molecule is O=C(CCN1C(=O)CCC1=O)NCCN1C(=O)SC(=Cc2ccc(F)cc2)C1=O. The summed E-state index contributed by atoms with van der Waals surface area (Å²) >= 11 is 0.778. The van der Waals surface area contributed by atoms with Crippen LogP contribution in [0.4, 0.5) is 9.18 Å². The molecule has 0 unspecified atom stereocenters. The Morgan fingerprint density at radius 1 is 1.03 bits per heavy atom. The third-order valence-corrected chi connectivity index (χ3v) is 5.32. The Labute approximate surface area is 170 Å². The van der Waals surface area contributed by atoms with E-state index in [2.05, 4.69) is 5.32 Å². The second kappa shape index (κ2) is 8.99. The Morgan fingerprint density at radius 3 is 2.34 bits per heavy atom. The second-order valence-electron chi connectivity index (χ2n) is 6.42. The van der Waals surface area contributed by atoms with Gasteiger partial charge in [-0.2, -0.15) is 0 Å². The largest absolute Gasteiger partial charge is 0.354 e. The molecular formula is C19H18FN3O5S. The molecule has 1 aromatic rings. The average molecular weight is 419 g/mol. The van der Waals surface area contributed by atoms with E-state index in [9.17, 15) is 28.4 Å². The van der Waals surface area contributed by atoms with Gasteiger partial charge in [0.25, 0.3) is 11.1 Å². The Morgan fingerprint density at radius 2 is 1.69 bits per heavy atom. The van der Waals surface area contributed by atoms with Crippen LogP contribution in [0, 0.1) is 5.82 Å². The Hall–Kier alpha value is -3.01. The first-order valence-corrected chi connectivity index (χ1v) is 9.77. The van der Waals surface area contributed by atoms with Crippen LogP contribution in [0.5, 0.6) is 0 Å². The van der Waals surface area contributed by atoms with Crippen molar-refractivity contribution in [1.82, 2.24) is 15.1 Å². The van der Waals surface area contributed by atoms with Gasteiger partial charge in [-0.15, -0.1) is 0 Å². The highest BCUT2D eigenvalue weighted by Crippen LogP contribution is 2.31. The van der Waals surface area contributed by atoms with Gasteiger partial charge in [0.05, 0.1) is 4.91 Å². The quantitative estimate of drug-likeness (QED) is 0.531. The minimum Gasteiger partial charge on any atom is -0.354 e. The van der Waals surface area contributed by atoms with Crippen LogP contribution in [0.15, 0.2) is 29.2 Å². The van der Waals surface area contributed by atoms with E-state index in [4.69, 9.17) is 0 Å². The van der Waals surface area contributed by atoms with E-state index in [0.29, 0.717) is 5.56 Å². The van der Waals surface area contributed by atoms with Crippen LogP contribution >= 0.6 is 11.8 Å². The van der Waals surface area contributed by atoms with Crippen LogP contribution in [0.3, 0.4) is 0 Å². The monoisotopic (exact) mass is 419 g/mol. The number of likely N-dealkylation sites (tertiary alicyclic amines) is 1. The molecule has 0 atom stereocenters. The number of thioether (sulfide) groups is 1. The van der Waals surface area contributed by atoms with Crippen LogP contribution in [0.1, 0.15) is 24.8 Å². The van der Waals surface area contributed by atoms with E-state index in [-0.39, 0.29) is 61.5 Å². The highest BCUT2D eigenvalue weighted by Gasteiger charge is 2.34. The number of hydrogen-bond donors (Lipinski definition) is 1. The van der Waals surface area contributed by atoms with Crippen molar-refractivity contribution in [3.05, 3.63) is 40.6 Å². The van der Waals surface area contributed by atoms with Crippen molar-refractivity contribution in [2.75, 3.05) is 19.6 Å². The van der Waals surface area contributed by atoms with Crippen molar-refractivity contribution in [3.63, 3.8) is 0 Å². The molecule has 2 heterocycles. The molecule has 152 valence electrons. The molecule has 0 bridgehead atoms. The van der Waals surface area contributed by atoms with Gasteiger partial charge in [0.15, 0.2) is 0 Å². The zero-order valence-electron chi connectivity index (χ0n) is 15.4. The summed E-state index contributed by atoms with van der Waals surface area (Å²) in [4.78, 5) is 61.6. The van der Waals surface area contributed by atoms with Gasteiger partial charge in [0, 0.05) is 38.9 Å². The predicted octanol–water partition coefficient (Wildman–Crippen LogP) is 1.52. The van der Waals surface area contributed by atoms with Crippen LogP contribution in [-0.2, 0) is 19.2 Å². The van der Waals surface area contributed by atoms with Crippen LogP contribution < -0.4 is 5.32 Å². The third-order valence-electron chi connectivity index (χ3n) is 4.42. The summed E-state index contributed by atoms with van der Waals surface area (Å²) in [6.07, 6.45) is 1.81. The number of hydrogen-bond acceptors (Lipinski definition) is 6. The summed E-state index contributed by atoms with van der Waals surface area (Å²) < 4.78 is 13.0. The van der Waals surface area contributed by atoms with Crippen molar-refractivity contribution in [3.8, 4) is 0 Å². The number of nitrogens with zero attached hydrogens (tertiary/aromatic N) is 2. The minimum atomic E-state index is -0.480. The van der Waals surface area contributed by atoms with E-state index in [1.807, 2.05) is 0 Å². The molecule has 2 saturated heterocycles. The van der Waals surface area contributed by atoms with Gasteiger partial charge in [-0.05, 0) is 35.5 Å². The van der Waals surface area contributed by atoms with Gasteiger partial charge >= 0.3 is 0 Å². The molecule has 5 amide bonds. The zero-order valence-corrected chi connectivity index (χ0v) is 16.2. The second-order valence-corrected chi connectivity index (χ2v) is 7.42. The normalized spacial score (nSPS) is 18.3. The third kappa shape index (κ3) is 5.08. The number of carbonyl (C=O) groups excluding carboxylic acids is 5. The van der Waals surface area contributed by atoms with Crippen molar-refractivity contribution in [2.45, 2.75) is 19.3 Å². The first-order valence-electron chi connectivity index (χ1n) is 8.96. The number of rotatable bonds is 7. The topological polar surface area (TPSA) is 104 Å². The van der Waals surface area contributed by atoms with Crippen molar-refractivity contribution in [1.29, 1.82) is 0 Å². The fraction of sp³-hybridized carbons (Fsp3) is 0.316. The zero-order chi connectivity index (χ0) is 21.0. The summed E-state index contributed by atoms with van der Waals surface area (Å²) in [6.45, 7) is 0.0762. The Bertz CT molecular complexity index is 884. The number of carbonyl (C=O) groups is 5. The van der Waals surface area contributed by atoms with Crippen LogP contribution in [0.2, 0.25) is 0 Å². The molecule has 0 saturated carbocycles. The van der Waals surface area contributed by atoms with Gasteiger partial charge < -0.3 is 5.32 Å². The fourth-order valence-corrected chi connectivity index (χ4v) is 3.75. The number of nitrogens with one attached hydrogen (secondary N) is 1. The van der Waals surface area contributed by atoms with E-state index in [1.54, 1.807) is 0 Å².